The zero-order valence-corrected chi connectivity index (χ0v) is 8.75. The third-order valence-electron chi connectivity index (χ3n) is 1.25. The molecular weight excluding hydrogens is 184 g/mol. The number of rotatable bonds is 1. The van der Waals surface area contributed by atoms with Crippen LogP contribution in [0.15, 0.2) is 10.6 Å². The van der Waals surface area contributed by atoms with E-state index < -0.39 is 11.7 Å². The molecule has 0 aromatic carbocycles. The Morgan fingerprint density at radius 2 is 2.21 bits per heavy atom. The van der Waals surface area contributed by atoms with Gasteiger partial charge in [0, 0.05) is 6.07 Å². The number of hydrogen-bond acceptors (Lipinski definition) is 4. The van der Waals surface area contributed by atoms with Gasteiger partial charge in [0.05, 0.1) is 5.69 Å². The fourth-order valence-electron chi connectivity index (χ4n) is 0.827. The number of carbonyl (C=O) groups excluding carboxylic acids is 1. The van der Waals surface area contributed by atoms with E-state index in [4.69, 9.17) is 9.26 Å². The van der Waals surface area contributed by atoms with Crippen molar-refractivity contribution in [3.63, 3.8) is 0 Å². The van der Waals surface area contributed by atoms with E-state index in [1.165, 1.54) is 0 Å². The SMILES string of the molecule is Cc1cc(NC(=O)OC(C)(C)C)on1. The van der Waals surface area contributed by atoms with Crippen molar-refractivity contribution in [2.75, 3.05) is 5.32 Å². The number of ether oxygens (including phenoxy) is 1. The Kier molecular flexibility index (Phi) is 2.78. The van der Waals surface area contributed by atoms with Crippen LogP contribution in [-0.2, 0) is 4.74 Å². The minimum absolute atomic E-state index is 0.289. The molecule has 1 N–H and O–H groups in total. The summed E-state index contributed by atoms with van der Waals surface area (Å²) in [5, 5.41) is 6.05. The average Bonchev–Trinajstić information content (AvgIpc) is 2.30. The molecule has 0 aliphatic carbocycles. The van der Waals surface area contributed by atoms with Crippen molar-refractivity contribution in [3.05, 3.63) is 11.8 Å². The molecule has 0 atom stereocenters. The molecule has 0 fully saturated rings. The van der Waals surface area contributed by atoms with Gasteiger partial charge in [-0.1, -0.05) is 5.16 Å². The monoisotopic (exact) mass is 198 g/mol. The summed E-state index contributed by atoms with van der Waals surface area (Å²) in [7, 11) is 0. The van der Waals surface area contributed by atoms with E-state index in [2.05, 4.69) is 10.5 Å². The molecule has 78 valence electrons. The van der Waals surface area contributed by atoms with E-state index in [1.807, 2.05) is 0 Å². The van der Waals surface area contributed by atoms with Crippen LogP contribution >= 0.6 is 0 Å². The van der Waals surface area contributed by atoms with Crippen LogP contribution in [0.2, 0.25) is 0 Å². The Bertz CT molecular complexity index is 325. The lowest BCUT2D eigenvalue weighted by Gasteiger charge is -2.18. The molecule has 0 radical (unpaired) electrons. The molecule has 1 amide bonds. The first-order chi connectivity index (χ1) is 6.37. The first kappa shape index (κ1) is 10.6. The lowest BCUT2D eigenvalue weighted by atomic mass is 10.2. The highest BCUT2D eigenvalue weighted by atomic mass is 16.6. The Labute approximate surface area is 82.4 Å². The van der Waals surface area contributed by atoms with Crippen molar-refractivity contribution in [1.29, 1.82) is 0 Å². The van der Waals surface area contributed by atoms with Crippen LogP contribution in [0, 0.1) is 6.92 Å². The normalized spacial score (nSPS) is 11.1. The van der Waals surface area contributed by atoms with E-state index in [-0.39, 0.29) is 5.88 Å². The number of aromatic nitrogens is 1. The molecule has 1 aromatic rings. The summed E-state index contributed by atoms with van der Waals surface area (Å²) < 4.78 is 9.80. The van der Waals surface area contributed by atoms with Gasteiger partial charge >= 0.3 is 6.09 Å². The van der Waals surface area contributed by atoms with Gasteiger partial charge in [0.1, 0.15) is 5.60 Å². The van der Waals surface area contributed by atoms with Crippen LogP contribution in [0.4, 0.5) is 10.7 Å². The van der Waals surface area contributed by atoms with Crippen molar-refractivity contribution in [2.45, 2.75) is 33.3 Å². The minimum Gasteiger partial charge on any atom is -0.444 e. The van der Waals surface area contributed by atoms with Crippen LogP contribution in [0.5, 0.6) is 0 Å². The van der Waals surface area contributed by atoms with Gasteiger partial charge in [-0.15, -0.1) is 0 Å². The highest BCUT2D eigenvalue weighted by molar-refractivity contribution is 5.83. The molecule has 5 nitrogen and oxygen atoms in total. The number of nitrogens with zero attached hydrogens (tertiary/aromatic N) is 1. The lowest BCUT2D eigenvalue weighted by molar-refractivity contribution is 0.0631. The van der Waals surface area contributed by atoms with Crippen molar-refractivity contribution >= 4 is 12.0 Å². The zero-order chi connectivity index (χ0) is 10.8. The molecule has 0 spiro atoms. The second-order valence-corrected chi connectivity index (χ2v) is 3.96. The van der Waals surface area contributed by atoms with Gasteiger partial charge in [0.15, 0.2) is 0 Å². The summed E-state index contributed by atoms with van der Waals surface area (Å²) in [6.07, 6.45) is -0.548. The summed E-state index contributed by atoms with van der Waals surface area (Å²) in [5.41, 5.74) is 0.190. The van der Waals surface area contributed by atoms with Crippen molar-refractivity contribution < 1.29 is 14.1 Å². The predicted molar refractivity (Wildman–Crippen MR) is 51.1 cm³/mol. The Hall–Kier alpha value is -1.52. The highest BCUT2D eigenvalue weighted by Crippen LogP contribution is 2.12. The third-order valence-corrected chi connectivity index (χ3v) is 1.25. The summed E-state index contributed by atoms with van der Waals surface area (Å²) in [5.74, 6) is 0.289. The maximum atomic E-state index is 11.2. The molecule has 0 saturated heterocycles. The number of hydrogen-bond donors (Lipinski definition) is 1. The van der Waals surface area contributed by atoms with Crippen LogP contribution in [0.1, 0.15) is 26.5 Å². The number of nitrogens with one attached hydrogen (secondary N) is 1. The van der Waals surface area contributed by atoms with Crippen LogP contribution in [0.3, 0.4) is 0 Å². The molecule has 1 rings (SSSR count). The van der Waals surface area contributed by atoms with Gasteiger partial charge in [0.2, 0.25) is 5.88 Å². The number of anilines is 1. The van der Waals surface area contributed by atoms with Crippen molar-refractivity contribution in [1.82, 2.24) is 5.16 Å². The van der Waals surface area contributed by atoms with Gasteiger partial charge in [-0.2, -0.15) is 0 Å². The molecular formula is C9H14N2O3. The van der Waals surface area contributed by atoms with Gasteiger partial charge in [0.25, 0.3) is 0 Å². The molecule has 5 heteroatoms. The van der Waals surface area contributed by atoms with Crippen molar-refractivity contribution in [3.8, 4) is 0 Å². The van der Waals surface area contributed by atoms with Crippen LogP contribution in [-0.4, -0.2) is 16.9 Å². The third kappa shape index (κ3) is 3.47. The highest BCUT2D eigenvalue weighted by Gasteiger charge is 2.17. The summed E-state index contributed by atoms with van der Waals surface area (Å²) in [6, 6.07) is 1.62. The summed E-state index contributed by atoms with van der Waals surface area (Å²) in [6.45, 7) is 7.14. The van der Waals surface area contributed by atoms with E-state index in [0.717, 1.165) is 0 Å². The van der Waals surface area contributed by atoms with Gasteiger partial charge in [-0.25, -0.2) is 4.79 Å². The first-order valence-corrected chi connectivity index (χ1v) is 4.30. The van der Waals surface area contributed by atoms with E-state index in [1.54, 1.807) is 33.8 Å². The standard InChI is InChI=1S/C9H14N2O3/c1-6-5-7(14-11-6)10-8(12)13-9(2,3)4/h5H,1-4H3,(H,10,12). The van der Waals surface area contributed by atoms with E-state index in [0.29, 0.717) is 5.69 Å². The van der Waals surface area contributed by atoms with Gasteiger partial charge in [-0.05, 0) is 27.7 Å². The smallest absolute Gasteiger partial charge is 0.414 e. The zero-order valence-electron chi connectivity index (χ0n) is 8.75. The quantitative estimate of drug-likeness (QED) is 0.752. The molecule has 0 aliphatic heterocycles. The molecule has 0 bridgehead atoms. The second-order valence-electron chi connectivity index (χ2n) is 3.96. The van der Waals surface area contributed by atoms with Gasteiger partial charge < -0.3 is 9.26 Å². The molecule has 14 heavy (non-hydrogen) atoms. The topological polar surface area (TPSA) is 64.4 Å². The predicted octanol–water partition coefficient (Wildman–Crippen LogP) is 2.33. The van der Waals surface area contributed by atoms with Crippen LogP contribution in [0.25, 0.3) is 0 Å². The maximum Gasteiger partial charge on any atom is 0.414 e. The molecule has 0 saturated carbocycles. The van der Waals surface area contributed by atoms with Gasteiger partial charge in [-0.3, -0.25) is 5.32 Å². The number of aryl methyl sites for hydroxylation is 1. The number of carbonyl (C=O) groups is 1. The average molecular weight is 198 g/mol. The first-order valence-electron chi connectivity index (χ1n) is 4.30. The molecule has 1 aromatic heterocycles. The molecule has 0 unspecified atom stereocenters. The molecule has 0 aliphatic rings. The minimum atomic E-state index is -0.548. The Morgan fingerprint density at radius 1 is 1.57 bits per heavy atom. The van der Waals surface area contributed by atoms with Crippen molar-refractivity contribution in [2.24, 2.45) is 0 Å². The molecule has 1 heterocycles. The van der Waals surface area contributed by atoms with E-state index in [9.17, 15) is 4.79 Å². The maximum absolute atomic E-state index is 11.2. The fourth-order valence-corrected chi connectivity index (χ4v) is 0.827. The summed E-state index contributed by atoms with van der Waals surface area (Å²) >= 11 is 0. The lowest BCUT2D eigenvalue weighted by Crippen LogP contribution is -2.27. The van der Waals surface area contributed by atoms with Crippen LogP contribution < -0.4 is 5.32 Å². The second kappa shape index (κ2) is 3.69. The van der Waals surface area contributed by atoms with E-state index >= 15 is 0 Å². The Morgan fingerprint density at radius 3 is 2.64 bits per heavy atom. The largest absolute Gasteiger partial charge is 0.444 e. The fraction of sp³-hybridized carbons (Fsp3) is 0.556. The summed E-state index contributed by atoms with van der Waals surface area (Å²) in [4.78, 5) is 11.2. The Balaban J connectivity index is 2.50. The number of amides is 1.